The van der Waals surface area contributed by atoms with Crippen molar-refractivity contribution in [1.29, 1.82) is 0 Å². The normalized spacial score (nSPS) is 27.4. The van der Waals surface area contributed by atoms with Gasteiger partial charge in [-0.3, -0.25) is 0 Å². The molecule has 0 radical (unpaired) electrons. The van der Waals surface area contributed by atoms with Gasteiger partial charge in [0.15, 0.2) is 0 Å². The van der Waals surface area contributed by atoms with Gasteiger partial charge in [-0.15, -0.1) is 0 Å². The van der Waals surface area contributed by atoms with Gasteiger partial charge in [0, 0.05) is 0 Å². The van der Waals surface area contributed by atoms with Crippen molar-refractivity contribution in [1.82, 2.24) is 5.32 Å². The Kier molecular flexibility index (Phi) is 5.91. The van der Waals surface area contributed by atoms with E-state index in [0.717, 1.165) is 24.3 Å². The molecule has 1 aromatic carbocycles. The van der Waals surface area contributed by atoms with Crippen molar-refractivity contribution >= 4 is 0 Å². The Bertz CT molecular complexity index is 346. The first-order valence-corrected chi connectivity index (χ1v) is 8.10. The molecular formula is C18H29N. The van der Waals surface area contributed by atoms with Gasteiger partial charge in [0.05, 0.1) is 0 Å². The summed E-state index contributed by atoms with van der Waals surface area (Å²) >= 11 is 0. The standard InChI is InChI=1S/C18H29N/c1-3-8-15-11-12-17(14-19-4-2)18(13-15)16-9-6-5-7-10-16/h5-7,9-10,15,17-19H,3-4,8,11-14H2,1-2H3. The van der Waals surface area contributed by atoms with Crippen molar-refractivity contribution in [2.24, 2.45) is 11.8 Å². The summed E-state index contributed by atoms with van der Waals surface area (Å²) in [4.78, 5) is 0. The van der Waals surface area contributed by atoms with E-state index in [0.29, 0.717) is 0 Å². The largest absolute Gasteiger partial charge is 0.317 e. The maximum atomic E-state index is 3.56. The highest BCUT2D eigenvalue weighted by Crippen LogP contribution is 2.41. The van der Waals surface area contributed by atoms with Crippen LogP contribution in [-0.2, 0) is 0 Å². The summed E-state index contributed by atoms with van der Waals surface area (Å²) in [6, 6.07) is 11.2. The first-order valence-electron chi connectivity index (χ1n) is 8.10. The molecule has 0 bridgehead atoms. The molecule has 1 N–H and O–H groups in total. The molecule has 0 aromatic heterocycles. The Labute approximate surface area is 118 Å². The minimum absolute atomic E-state index is 0.769. The Hall–Kier alpha value is -0.820. The van der Waals surface area contributed by atoms with Crippen molar-refractivity contribution in [2.75, 3.05) is 13.1 Å². The van der Waals surface area contributed by atoms with Gasteiger partial charge in [0.2, 0.25) is 0 Å². The number of nitrogens with one attached hydrogen (secondary N) is 1. The molecule has 1 heteroatoms. The SMILES string of the molecule is CCCC1CCC(CNCC)C(c2ccccc2)C1. The molecule has 1 fully saturated rings. The molecule has 106 valence electrons. The molecule has 1 aliphatic rings. The molecular weight excluding hydrogens is 230 g/mol. The summed E-state index contributed by atoms with van der Waals surface area (Å²) in [5, 5.41) is 3.56. The van der Waals surface area contributed by atoms with Crippen LogP contribution in [0.4, 0.5) is 0 Å². The predicted octanol–water partition coefficient (Wildman–Crippen LogP) is 4.60. The second-order valence-corrected chi connectivity index (χ2v) is 6.05. The third kappa shape index (κ3) is 4.07. The molecule has 1 saturated carbocycles. The molecule has 0 heterocycles. The molecule has 3 atom stereocenters. The fourth-order valence-electron chi connectivity index (χ4n) is 3.67. The maximum absolute atomic E-state index is 3.56. The van der Waals surface area contributed by atoms with E-state index in [-0.39, 0.29) is 0 Å². The van der Waals surface area contributed by atoms with E-state index in [1.54, 1.807) is 5.56 Å². The van der Waals surface area contributed by atoms with Crippen LogP contribution < -0.4 is 5.32 Å². The molecule has 1 aromatic rings. The Balaban J connectivity index is 2.06. The quantitative estimate of drug-likeness (QED) is 0.787. The van der Waals surface area contributed by atoms with E-state index in [1.165, 1.54) is 38.6 Å². The molecule has 19 heavy (non-hydrogen) atoms. The van der Waals surface area contributed by atoms with Gasteiger partial charge < -0.3 is 5.32 Å². The third-order valence-electron chi connectivity index (χ3n) is 4.68. The molecule has 1 aliphatic carbocycles. The zero-order chi connectivity index (χ0) is 13.5. The van der Waals surface area contributed by atoms with E-state index in [9.17, 15) is 0 Å². The van der Waals surface area contributed by atoms with E-state index < -0.39 is 0 Å². The first kappa shape index (κ1) is 14.6. The summed E-state index contributed by atoms with van der Waals surface area (Å²) in [6.07, 6.45) is 6.99. The average molecular weight is 259 g/mol. The van der Waals surface area contributed by atoms with Crippen LogP contribution in [0.5, 0.6) is 0 Å². The highest BCUT2D eigenvalue weighted by molar-refractivity contribution is 5.21. The van der Waals surface area contributed by atoms with Crippen molar-refractivity contribution < 1.29 is 0 Å². The Morgan fingerprint density at radius 1 is 1.11 bits per heavy atom. The lowest BCUT2D eigenvalue weighted by molar-refractivity contribution is 0.221. The van der Waals surface area contributed by atoms with E-state index >= 15 is 0 Å². The van der Waals surface area contributed by atoms with Gasteiger partial charge in [-0.25, -0.2) is 0 Å². The van der Waals surface area contributed by atoms with Crippen LogP contribution in [0.1, 0.15) is 57.4 Å². The van der Waals surface area contributed by atoms with Crippen LogP contribution in [0.15, 0.2) is 30.3 Å². The number of benzene rings is 1. The third-order valence-corrected chi connectivity index (χ3v) is 4.68. The first-order chi connectivity index (χ1) is 9.35. The summed E-state index contributed by atoms with van der Waals surface area (Å²) in [7, 11) is 0. The van der Waals surface area contributed by atoms with Gasteiger partial charge >= 0.3 is 0 Å². The van der Waals surface area contributed by atoms with Crippen LogP contribution in [0, 0.1) is 11.8 Å². The lowest BCUT2D eigenvalue weighted by Gasteiger charge is -2.37. The van der Waals surface area contributed by atoms with E-state index in [2.05, 4.69) is 49.5 Å². The topological polar surface area (TPSA) is 12.0 Å². The monoisotopic (exact) mass is 259 g/mol. The highest BCUT2D eigenvalue weighted by Gasteiger charge is 2.30. The van der Waals surface area contributed by atoms with Crippen molar-refractivity contribution in [3.05, 3.63) is 35.9 Å². The number of hydrogen-bond donors (Lipinski definition) is 1. The fraction of sp³-hybridized carbons (Fsp3) is 0.667. The van der Waals surface area contributed by atoms with E-state index in [1.807, 2.05) is 0 Å². The zero-order valence-corrected chi connectivity index (χ0v) is 12.6. The molecule has 2 rings (SSSR count). The summed E-state index contributed by atoms with van der Waals surface area (Å²) < 4.78 is 0. The zero-order valence-electron chi connectivity index (χ0n) is 12.6. The lowest BCUT2D eigenvalue weighted by Crippen LogP contribution is -2.32. The van der Waals surface area contributed by atoms with Gasteiger partial charge in [0.1, 0.15) is 0 Å². The summed E-state index contributed by atoms with van der Waals surface area (Å²) in [5.74, 6) is 2.55. The fourth-order valence-corrected chi connectivity index (χ4v) is 3.67. The predicted molar refractivity (Wildman–Crippen MR) is 83.5 cm³/mol. The average Bonchev–Trinajstić information content (AvgIpc) is 2.47. The molecule has 0 amide bonds. The minimum Gasteiger partial charge on any atom is -0.317 e. The number of rotatable bonds is 6. The van der Waals surface area contributed by atoms with Gasteiger partial charge in [0.25, 0.3) is 0 Å². The van der Waals surface area contributed by atoms with Gasteiger partial charge in [-0.2, -0.15) is 0 Å². The molecule has 3 unspecified atom stereocenters. The minimum atomic E-state index is 0.769. The van der Waals surface area contributed by atoms with Crippen LogP contribution in [0.25, 0.3) is 0 Å². The van der Waals surface area contributed by atoms with Crippen molar-refractivity contribution in [3.8, 4) is 0 Å². The summed E-state index contributed by atoms with van der Waals surface area (Å²) in [6.45, 7) is 6.81. The second kappa shape index (κ2) is 7.69. The maximum Gasteiger partial charge on any atom is -0.00148 e. The van der Waals surface area contributed by atoms with Crippen LogP contribution >= 0.6 is 0 Å². The van der Waals surface area contributed by atoms with Crippen molar-refractivity contribution in [3.63, 3.8) is 0 Å². The van der Waals surface area contributed by atoms with Crippen LogP contribution in [0.3, 0.4) is 0 Å². The van der Waals surface area contributed by atoms with E-state index in [4.69, 9.17) is 0 Å². The number of hydrogen-bond acceptors (Lipinski definition) is 1. The smallest absolute Gasteiger partial charge is 0.00148 e. The molecule has 1 nitrogen and oxygen atoms in total. The van der Waals surface area contributed by atoms with Crippen molar-refractivity contribution in [2.45, 2.75) is 51.9 Å². The molecule has 0 spiro atoms. The van der Waals surface area contributed by atoms with Gasteiger partial charge in [-0.1, -0.05) is 63.4 Å². The summed E-state index contributed by atoms with van der Waals surface area (Å²) in [5.41, 5.74) is 1.56. The molecule has 0 saturated heterocycles. The van der Waals surface area contributed by atoms with Gasteiger partial charge in [-0.05, 0) is 49.2 Å². The Morgan fingerprint density at radius 2 is 1.89 bits per heavy atom. The van der Waals surface area contributed by atoms with Crippen LogP contribution in [0.2, 0.25) is 0 Å². The van der Waals surface area contributed by atoms with Crippen LogP contribution in [-0.4, -0.2) is 13.1 Å². The highest BCUT2D eigenvalue weighted by atomic mass is 14.8. The molecule has 0 aliphatic heterocycles. The lowest BCUT2D eigenvalue weighted by atomic mass is 9.70. The Morgan fingerprint density at radius 3 is 2.58 bits per heavy atom. The second-order valence-electron chi connectivity index (χ2n) is 6.05.